The number of hydrogen-bond donors (Lipinski definition) is 2. The summed E-state index contributed by atoms with van der Waals surface area (Å²) in [5.74, 6) is 0.428. The third kappa shape index (κ3) is 3.77. The number of oxazole rings is 1. The molecule has 8 nitrogen and oxygen atoms in total. The minimum absolute atomic E-state index is 0.156. The number of aromatic nitrogens is 3. The zero-order valence-corrected chi connectivity index (χ0v) is 20.4. The van der Waals surface area contributed by atoms with Crippen LogP contribution in [-0.4, -0.2) is 59.2 Å². The molecule has 37 heavy (non-hydrogen) atoms. The minimum atomic E-state index is -0.316. The van der Waals surface area contributed by atoms with E-state index in [0.717, 1.165) is 59.6 Å². The van der Waals surface area contributed by atoms with Gasteiger partial charge >= 0.3 is 0 Å². The molecule has 4 heterocycles. The molecular weight excluding hydrogens is 464 g/mol. The maximum Gasteiger partial charge on any atom is 0.270 e. The van der Waals surface area contributed by atoms with Gasteiger partial charge in [-0.2, -0.15) is 5.10 Å². The van der Waals surface area contributed by atoms with Gasteiger partial charge in [-0.25, -0.2) is 4.98 Å². The maximum absolute atomic E-state index is 12.7. The quantitative estimate of drug-likeness (QED) is 0.386. The van der Waals surface area contributed by atoms with Crippen LogP contribution in [0, 0.1) is 0 Å². The summed E-state index contributed by atoms with van der Waals surface area (Å²) in [6, 6.07) is 23.9. The van der Waals surface area contributed by atoms with Gasteiger partial charge in [-0.1, -0.05) is 36.4 Å². The first-order valence-corrected chi connectivity index (χ1v) is 12.5. The fraction of sp³-hybridized carbons (Fsp3) is 0.207. The molecule has 0 bridgehead atoms. The van der Waals surface area contributed by atoms with Gasteiger partial charge in [-0.15, -0.1) is 0 Å². The van der Waals surface area contributed by atoms with Gasteiger partial charge in [0.25, 0.3) is 5.91 Å². The molecule has 2 aromatic heterocycles. The highest BCUT2D eigenvalue weighted by atomic mass is 16.3. The van der Waals surface area contributed by atoms with Crippen LogP contribution in [0.2, 0.25) is 0 Å². The monoisotopic (exact) mass is 490 g/mol. The van der Waals surface area contributed by atoms with E-state index < -0.39 is 0 Å². The summed E-state index contributed by atoms with van der Waals surface area (Å²) in [4.78, 5) is 22.2. The van der Waals surface area contributed by atoms with E-state index in [9.17, 15) is 4.79 Å². The van der Waals surface area contributed by atoms with Crippen molar-refractivity contribution in [1.29, 1.82) is 0 Å². The number of anilines is 1. The van der Waals surface area contributed by atoms with Crippen molar-refractivity contribution in [3.63, 3.8) is 0 Å². The highest BCUT2D eigenvalue weighted by molar-refractivity contribution is 6.00. The Morgan fingerprint density at radius 2 is 1.70 bits per heavy atom. The lowest BCUT2D eigenvalue weighted by atomic mass is 9.96. The molecule has 5 aromatic rings. The number of benzene rings is 3. The summed E-state index contributed by atoms with van der Waals surface area (Å²) >= 11 is 0. The van der Waals surface area contributed by atoms with Crippen LogP contribution < -0.4 is 10.2 Å². The molecule has 1 fully saturated rings. The molecule has 0 radical (unpaired) electrons. The lowest BCUT2D eigenvalue weighted by molar-refractivity contribution is 0.0955. The zero-order valence-electron chi connectivity index (χ0n) is 20.4. The fourth-order valence-corrected chi connectivity index (χ4v) is 5.27. The van der Waals surface area contributed by atoms with Gasteiger partial charge in [0.2, 0.25) is 5.89 Å². The summed E-state index contributed by atoms with van der Waals surface area (Å²) in [6.07, 6.45) is 0. The fourth-order valence-electron chi connectivity index (χ4n) is 5.27. The van der Waals surface area contributed by atoms with E-state index in [1.807, 2.05) is 48.5 Å². The minimum Gasteiger partial charge on any atom is -0.436 e. The van der Waals surface area contributed by atoms with E-state index >= 15 is 0 Å². The first-order valence-electron chi connectivity index (χ1n) is 12.5. The summed E-state index contributed by atoms with van der Waals surface area (Å²) in [7, 11) is 2.16. The van der Waals surface area contributed by atoms with Crippen LogP contribution in [0.15, 0.2) is 77.2 Å². The Hall–Kier alpha value is -4.43. The molecule has 0 spiro atoms. The molecular formula is C29H26N6O2. The molecule has 1 amide bonds. The van der Waals surface area contributed by atoms with Crippen LogP contribution in [0.4, 0.5) is 5.69 Å². The third-order valence-electron chi connectivity index (χ3n) is 7.37. The van der Waals surface area contributed by atoms with Gasteiger partial charge in [0.05, 0.1) is 11.7 Å². The molecule has 2 N–H and O–H groups in total. The normalized spacial score (nSPS) is 17.8. The van der Waals surface area contributed by atoms with Gasteiger partial charge in [-0.3, -0.25) is 9.89 Å². The smallest absolute Gasteiger partial charge is 0.270 e. The van der Waals surface area contributed by atoms with Gasteiger partial charge in [0.15, 0.2) is 5.58 Å². The Morgan fingerprint density at radius 1 is 0.919 bits per heavy atom. The largest absolute Gasteiger partial charge is 0.436 e. The molecule has 7 rings (SSSR count). The number of hydrogen-bond acceptors (Lipinski definition) is 6. The SMILES string of the molecule is CN1CCN(c2ccc(-c3nc4cc(C5NC(=O)c6[nH]nc(-c7ccccc7)c65)ccc4o3)cc2)CC1. The molecule has 8 heteroatoms. The number of carbonyl (C=O) groups excluding carboxylic acids is 1. The van der Waals surface area contributed by atoms with Crippen LogP contribution in [0.3, 0.4) is 0 Å². The number of nitrogens with zero attached hydrogens (tertiary/aromatic N) is 4. The van der Waals surface area contributed by atoms with Crippen LogP contribution >= 0.6 is 0 Å². The predicted molar refractivity (Wildman–Crippen MR) is 142 cm³/mol. The van der Waals surface area contributed by atoms with Crippen molar-refractivity contribution in [2.24, 2.45) is 0 Å². The number of rotatable bonds is 4. The molecule has 1 saturated heterocycles. The van der Waals surface area contributed by atoms with Gasteiger partial charge < -0.3 is 19.5 Å². The topological polar surface area (TPSA) is 90.3 Å². The number of fused-ring (bicyclic) bond motifs is 2. The van der Waals surface area contributed by atoms with Crippen molar-refractivity contribution in [1.82, 2.24) is 25.4 Å². The second-order valence-corrected chi connectivity index (χ2v) is 9.72. The van der Waals surface area contributed by atoms with Crippen molar-refractivity contribution >= 4 is 22.7 Å². The van der Waals surface area contributed by atoms with Gasteiger partial charge in [0, 0.05) is 48.6 Å². The van der Waals surface area contributed by atoms with Gasteiger partial charge in [0.1, 0.15) is 11.2 Å². The Bertz CT molecular complexity index is 1600. The highest BCUT2D eigenvalue weighted by Gasteiger charge is 2.35. The van der Waals surface area contributed by atoms with Crippen LogP contribution in [0.25, 0.3) is 33.8 Å². The van der Waals surface area contributed by atoms with E-state index in [2.05, 4.69) is 56.6 Å². The molecule has 0 saturated carbocycles. The molecule has 2 aliphatic rings. The lowest BCUT2D eigenvalue weighted by Gasteiger charge is -2.34. The Morgan fingerprint density at radius 3 is 2.49 bits per heavy atom. The molecule has 1 unspecified atom stereocenters. The summed E-state index contributed by atoms with van der Waals surface area (Å²) < 4.78 is 6.10. The average Bonchev–Trinajstić information content (AvgIpc) is 3.64. The highest BCUT2D eigenvalue weighted by Crippen LogP contribution is 2.38. The number of aromatic amines is 1. The first kappa shape index (κ1) is 21.8. The predicted octanol–water partition coefficient (Wildman–Crippen LogP) is 4.47. The van der Waals surface area contributed by atoms with Gasteiger partial charge in [-0.05, 0) is 49.0 Å². The van der Waals surface area contributed by atoms with E-state index in [1.165, 1.54) is 5.69 Å². The Kier molecular flexibility index (Phi) is 5.07. The van der Waals surface area contributed by atoms with Crippen molar-refractivity contribution < 1.29 is 9.21 Å². The second kappa shape index (κ2) is 8.60. The summed E-state index contributed by atoms with van der Waals surface area (Å²) in [5, 5.41) is 10.5. The van der Waals surface area contributed by atoms with E-state index in [4.69, 9.17) is 9.40 Å². The number of H-pyrrole nitrogens is 1. The van der Waals surface area contributed by atoms with Crippen molar-refractivity contribution in [3.8, 4) is 22.7 Å². The van der Waals surface area contributed by atoms with E-state index in [-0.39, 0.29) is 11.9 Å². The standard InChI is InChI=1S/C29H26N6O2/c1-34-13-15-35(16-14-34)21-10-7-19(8-11-21)29-30-22-17-20(9-12-23(22)37-29)25-24-26(18-5-3-2-4-6-18)32-33-27(24)28(36)31-25/h2-12,17,25H,13-16H2,1H3,(H,31,36)(H,32,33). The lowest BCUT2D eigenvalue weighted by Crippen LogP contribution is -2.44. The van der Waals surface area contributed by atoms with E-state index in [0.29, 0.717) is 17.2 Å². The summed E-state index contributed by atoms with van der Waals surface area (Å²) in [5.41, 5.74) is 7.66. The molecule has 184 valence electrons. The Balaban J connectivity index is 1.19. The van der Waals surface area contributed by atoms with Crippen LogP contribution in [0.5, 0.6) is 0 Å². The number of nitrogens with one attached hydrogen (secondary N) is 2. The number of piperazine rings is 1. The van der Waals surface area contributed by atoms with E-state index in [1.54, 1.807) is 0 Å². The first-order chi connectivity index (χ1) is 18.1. The summed E-state index contributed by atoms with van der Waals surface area (Å²) in [6.45, 7) is 4.21. The third-order valence-corrected chi connectivity index (χ3v) is 7.37. The van der Waals surface area contributed by atoms with Crippen LogP contribution in [0.1, 0.15) is 27.7 Å². The maximum atomic E-state index is 12.7. The number of carbonyl (C=O) groups is 1. The van der Waals surface area contributed by atoms with Crippen molar-refractivity contribution in [2.45, 2.75) is 6.04 Å². The van der Waals surface area contributed by atoms with Crippen LogP contribution in [-0.2, 0) is 0 Å². The Labute approximate surface area is 213 Å². The zero-order chi connectivity index (χ0) is 24.9. The van der Waals surface area contributed by atoms with Crippen molar-refractivity contribution in [2.75, 3.05) is 38.1 Å². The second-order valence-electron chi connectivity index (χ2n) is 9.72. The number of likely N-dealkylation sites (N-methyl/N-ethyl adjacent to an activating group) is 1. The average molecular weight is 491 g/mol. The molecule has 2 aliphatic heterocycles. The number of amides is 1. The molecule has 3 aromatic carbocycles. The molecule has 0 aliphatic carbocycles. The van der Waals surface area contributed by atoms with Crippen molar-refractivity contribution in [3.05, 3.63) is 89.6 Å². The molecule has 1 atom stereocenters.